The number of nitrogens with two attached hydrogens (primary N) is 1. The number of aromatic nitrogens is 1. The predicted octanol–water partition coefficient (Wildman–Crippen LogP) is 2.96. The molecule has 2 amide bonds. The molecule has 19 heavy (non-hydrogen) atoms. The van der Waals surface area contributed by atoms with Crippen LogP contribution in [-0.2, 0) is 0 Å². The minimum absolute atomic E-state index is 0.332. The first-order valence-electron chi connectivity index (χ1n) is 5.62. The monoisotopic (exact) mass is 276 g/mol. The summed E-state index contributed by atoms with van der Waals surface area (Å²) in [5.41, 5.74) is 9.89. The molecule has 0 aliphatic carbocycles. The van der Waals surface area contributed by atoms with Crippen LogP contribution in [0.3, 0.4) is 0 Å². The van der Waals surface area contributed by atoms with Gasteiger partial charge in [-0.3, -0.25) is 5.43 Å². The lowest BCUT2D eigenvalue weighted by atomic mass is 10.2. The first-order chi connectivity index (χ1) is 9.06. The molecule has 0 fully saturated rings. The van der Waals surface area contributed by atoms with Gasteiger partial charge in [-0.15, -0.1) is 0 Å². The van der Waals surface area contributed by atoms with Crippen LogP contribution in [0.2, 0.25) is 5.15 Å². The van der Waals surface area contributed by atoms with Gasteiger partial charge in [0, 0.05) is 0 Å². The first kappa shape index (κ1) is 13.2. The maximum absolute atomic E-state index is 11.5. The molecule has 3 N–H and O–H groups in total. The maximum atomic E-state index is 11.5. The SMILES string of the molecule is Cc1ccc(N(Nc2cccc(Cl)n2)C(N)=O)cc1. The number of aryl methyl sites for hydroxylation is 1. The van der Waals surface area contributed by atoms with Crippen molar-refractivity contribution in [2.45, 2.75) is 6.92 Å². The molecule has 0 bridgehead atoms. The summed E-state index contributed by atoms with van der Waals surface area (Å²) in [4.78, 5) is 15.5. The first-order valence-corrected chi connectivity index (χ1v) is 5.99. The Morgan fingerprint density at radius 1 is 1.26 bits per heavy atom. The van der Waals surface area contributed by atoms with Gasteiger partial charge in [0.1, 0.15) is 11.0 Å². The fourth-order valence-electron chi connectivity index (χ4n) is 1.53. The lowest BCUT2D eigenvalue weighted by Gasteiger charge is -2.21. The van der Waals surface area contributed by atoms with E-state index in [4.69, 9.17) is 17.3 Å². The van der Waals surface area contributed by atoms with E-state index in [0.29, 0.717) is 16.7 Å². The number of pyridine rings is 1. The van der Waals surface area contributed by atoms with Crippen LogP contribution < -0.4 is 16.2 Å². The van der Waals surface area contributed by atoms with E-state index in [1.54, 1.807) is 30.3 Å². The molecule has 0 aliphatic rings. The van der Waals surface area contributed by atoms with Crippen molar-refractivity contribution < 1.29 is 4.79 Å². The molecule has 98 valence electrons. The zero-order valence-electron chi connectivity index (χ0n) is 10.3. The van der Waals surface area contributed by atoms with E-state index in [9.17, 15) is 4.79 Å². The van der Waals surface area contributed by atoms with Crippen LogP contribution in [0.15, 0.2) is 42.5 Å². The van der Waals surface area contributed by atoms with Gasteiger partial charge in [0.25, 0.3) is 0 Å². The summed E-state index contributed by atoms with van der Waals surface area (Å²) in [6, 6.07) is 11.8. The molecule has 1 aromatic carbocycles. The molecule has 0 saturated carbocycles. The van der Waals surface area contributed by atoms with Crippen molar-refractivity contribution in [3.63, 3.8) is 0 Å². The van der Waals surface area contributed by atoms with Gasteiger partial charge < -0.3 is 5.73 Å². The average Bonchev–Trinajstić information content (AvgIpc) is 2.37. The number of hydrazine groups is 1. The second-order valence-corrected chi connectivity index (χ2v) is 4.35. The number of primary amides is 1. The Hall–Kier alpha value is -2.27. The number of hydrogen-bond donors (Lipinski definition) is 2. The quantitative estimate of drug-likeness (QED) is 0.669. The van der Waals surface area contributed by atoms with Gasteiger partial charge >= 0.3 is 6.03 Å². The van der Waals surface area contributed by atoms with Crippen molar-refractivity contribution in [1.82, 2.24) is 4.98 Å². The third-order valence-electron chi connectivity index (χ3n) is 2.45. The number of hydrogen-bond acceptors (Lipinski definition) is 3. The summed E-state index contributed by atoms with van der Waals surface area (Å²) >= 11 is 5.79. The molecule has 1 heterocycles. The predicted molar refractivity (Wildman–Crippen MR) is 76.1 cm³/mol. The number of nitrogens with zero attached hydrogens (tertiary/aromatic N) is 2. The molecular weight excluding hydrogens is 264 g/mol. The van der Waals surface area contributed by atoms with Crippen molar-refractivity contribution in [1.29, 1.82) is 0 Å². The number of benzene rings is 1. The Bertz CT molecular complexity index is 585. The van der Waals surface area contributed by atoms with Crippen molar-refractivity contribution in [2.75, 3.05) is 10.4 Å². The van der Waals surface area contributed by atoms with Gasteiger partial charge in [0.2, 0.25) is 0 Å². The number of rotatable bonds is 3. The fraction of sp³-hybridized carbons (Fsp3) is 0.0769. The minimum Gasteiger partial charge on any atom is -0.350 e. The third-order valence-corrected chi connectivity index (χ3v) is 2.66. The molecule has 0 spiro atoms. The number of anilines is 2. The average molecular weight is 277 g/mol. The number of urea groups is 1. The van der Waals surface area contributed by atoms with E-state index in [1.807, 2.05) is 19.1 Å². The molecule has 2 rings (SSSR count). The number of carbonyl (C=O) groups excluding carboxylic acids is 1. The number of halogens is 1. The molecule has 6 heteroatoms. The minimum atomic E-state index is -0.634. The molecule has 5 nitrogen and oxygen atoms in total. The van der Waals surface area contributed by atoms with Crippen molar-refractivity contribution in [2.24, 2.45) is 5.73 Å². The van der Waals surface area contributed by atoms with E-state index < -0.39 is 6.03 Å². The molecule has 0 aliphatic heterocycles. The van der Waals surface area contributed by atoms with Gasteiger partial charge in [-0.25, -0.2) is 14.8 Å². The third kappa shape index (κ3) is 3.35. The molecule has 0 radical (unpaired) electrons. The molecule has 0 unspecified atom stereocenters. The summed E-state index contributed by atoms with van der Waals surface area (Å²) in [6.07, 6.45) is 0. The largest absolute Gasteiger partial charge is 0.350 e. The van der Waals surface area contributed by atoms with Gasteiger partial charge in [-0.1, -0.05) is 35.4 Å². The van der Waals surface area contributed by atoms with Gasteiger partial charge in [0.05, 0.1) is 5.69 Å². The number of amides is 2. The highest BCUT2D eigenvalue weighted by atomic mass is 35.5. The smallest absolute Gasteiger partial charge is 0.338 e. The maximum Gasteiger partial charge on any atom is 0.338 e. The summed E-state index contributed by atoms with van der Waals surface area (Å²) < 4.78 is 0. The van der Waals surface area contributed by atoms with Gasteiger partial charge in [0.15, 0.2) is 0 Å². The lowest BCUT2D eigenvalue weighted by molar-refractivity contribution is 0.255. The second kappa shape index (κ2) is 5.58. The molecule has 2 aromatic rings. The van der Waals surface area contributed by atoms with E-state index >= 15 is 0 Å². The van der Waals surface area contributed by atoms with E-state index in [2.05, 4.69) is 10.4 Å². The zero-order chi connectivity index (χ0) is 13.8. The summed E-state index contributed by atoms with van der Waals surface area (Å²) in [7, 11) is 0. The van der Waals surface area contributed by atoms with Gasteiger partial charge in [-0.05, 0) is 31.2 Å². The van der Waals surface area contributed by atoms with Crippen LogP contribution in [0, 0.1) is 6.92 Å². The molecular formula is C13H13ClN4O. The fourth-order valence-corrected chi connectivity index (χ4v) is 1.69. The molecule has 1 aromatic heterocycles. The topological polar surface area (TPSA) is 71.2 Å². The Morgan fingerprint density at radius 3 is 2.53 bits per heavy atom. The van der Waals surface area contributed by atoms with Gasteiger partial charge in [-0.2, -0.15) is 0 Å². The van der Waals surface area contributed by atoms with Crippen LogP contribution in [-0.4, -0.2) is 11.0 Å². The summed E-state index contributed by atoms with van der Waals surface area (Å²) in [6.45, 7) is 1.96. The number of nitrogens with one attached hydrogen (secondary N) is 1. The van der Waals surface area contributed by atoms with Crippen LogP contribution in [0.25, 0.3) is 0 Å². The highest BCUT2D eigenvalue weighted by Crippen LogP contribution is 2.17. The van der Waals surface area contributed by atoms with Crippen molar-refractivity contribution >= 4 is 29.1 Å². The van der Waals surface area contributed by atoms with E-state index in [1.165, 1.54) is 5.01 Å². The lowest BCUT2D eigenvalue weighted by Crippen LogP contribution is -2.40. The Morgan fingerprint density at radius 2 is 1.95 bits per heavy atom. The Balaban J connectivity index is 2.26. The van der Waals surface area contributed by atoms with E-state index in [-0.39, 0.29) is 0 Å². The van der Waals surface area contributed by atoms with Crippen LogP contribution >= 0.6 is 11.6 Å². The Kier molecular flexibility index (Phi) is 3.87. The van der Waals surface area contributed by atoms with E-state index in [0.717, 1.165) is 5.56 Å². The van der Waals surface area contributed by atoms with Crippen LogP contribution in [0.1, 0.15) is 5.56 Å². The molecule has 0 atom stereocenters. The van der Waals surface area contributed by atoms with Crippen LogP contribution in [0.5, 0.6) is 0 Å². The Labute approximate surface area is 116 Å². The summed E-state index contributed by atoms with van der Waals surface area (Å²) in [5, 5.41) is 1.54. The second-order valence-electron chi connectivity index (χ2n) is 3.97. The zero-order valence-corrected chi connectivity index (χ0v) is 11.1. The van der Waals surface area contributed by atoms with Crippen molar-refractivity contribution in [3.05, 3.63) is 53.2 Å². The summed E-state index contributed by atoms with van der Waals surface area (Å²) in [5.74, 6) is 0.437. The van der Waals surface area contributed by atoms with Crippen molar-refractivity contribution in [3.8, 4) is 0 Å². The molecule has 0 saturated heterocycles. The number of carbonyl (C=O) groups is 1. The normalized spacial score (nSPS) is 10.0. The highest BCUT2D eigenvalue weighted by molar-refractivity contribution is 6.29. The standard InChI is InChI=1S/C13H13ClN4O/c1-9-5-7-10(8-6-9)18(13(15)19)17-12-4-2-3-11(14)16-12/h2-8H,1H3,(H2,15,19)(H,16,17). The highest BCUT2D eigenvalue weighted by Gasteiger charge is 2.12. The van der Waals surface area contributed by atoms with Crippen LogP contribution in [0.4, 0.5) is 16.3 Å².